The number of methoxy groups -OCH3 is 1. The summed E-state index contributed by atoms with van der Waals surface area (Å²) in [6, 6.07) is 4.02. The van der Waals surface area contributed by atoms with Crippen molar-refractivity contribution in [1.29, 1.82) is 0 Å². The van der Waals surface area contributed by atoms with Crippen LogP contribution in [-0.2, 0) is 16.2 Å². The smallest absolute Gasteiger partial charge is 0.416 e. The monoisotopic (exact) mass is 393 g/mol. The highest BCUT2D eigenvalue weighted by atomic mass is 32.2. The first-order valence-corrected chi connectivity index (χ1v) is 8.25. The van der Waals surface area contributed by atoms with Crippen molar-refractivity contribution in [2.24, 2.45) is 0 Å². The van der Waals surface area contributed by atoms with Gasteiger partial charge in [-0.15, -0.1) is 0 Å². The van der Waals surface area contributed by atoms with E-state index in [9.17, 15) is 30.8 Å². The minimum absolute atomic E-state index is 0.278. The molecule has 0 aromatic heterocycles. The Morgan fingerprint density at radius 2 is 1.73 bits per heavy atom. The molecule has 2 N–H and O–H groups in total. The number of anilines is 1. The van der Waals surface area contributed by atoms with Crippen LogP contribution in [0.3, 0.4) is 0 Å². The SMILES string of the molecule is COc1cc(C(=O)O)c(F)cc1NS(=O)(=O)c1ccc(C(F)(F)F)cc1. The molecule has 0 saturated carbocycles. The highest BCUT2D eigenvalue weighted by Crippen LogP contribution is 2.32. The zero-order valence-electron chi connectivity index (χ0n) is 13.0. The Morgan fingerprint density at radius 3 is 2.19 bits per heavy atom. The summed E-state index contributed by atoms with van der Waals surface area (Å²) in [5.74, 6) is -3.08. The number of carboxylic acid groups (broad SMARTS) is 1. The molecule has 0 aliphatic heterocycles. The average molecular weight is 393 g/mol. The number of ether oxygens (including phenoxy) is 1. The van der Waals surface area contributed by atoms with Crippen LogP contribution in [0.15, 0.2) is 41.3 Å². The number of alkyl halides is 3. The predicted molar refractivity (Wildman–Crippen MR) is 82.2 cm³/mol. The molecular weight excluding hydrogens is 382 g/mol. The van der Waals surface area contributed by atoms with Crippen LogP contribution in [-0.4, -0.2) is 26.6 Å². The predicted octanol–water partition coefficient (Wildman–Crippen LogP) is 3.35. The molecule has 0 saturated heterocycles. The highest BCUT2D eigenvalue weighted by molar-refractivity contribution is 7.92. The van der Waals surface area contributed by atoms with Gasteiger partial charge in [-0.2, -0.15) is 13.2 Å². The third-order valence-corrected chi connectivity index (χ3v) is 4.64. The van der Waals surface area contributed by atoms with E-state index in [0.29, 0.717) is 18.2 Å². The fourth-order valence-electron chi connectivity index (χ4n) is 1.99. The summed E-state index contributed by atoms with van der Waals surface area (Å²) in [4.78, 5) is 10.4. The van der Waals surface area contributed by atoms with Crippen LogP contribution < -0.4 is 9.46 Å². The summed E-state index contributed by atoms with van der Waals surface area (Å²) in [7, 11) is -3.26. The first-order valence-electron chi connectivity index (χ1n) is 6.76. The van der Waals surface area contributed by atoms with Crippen molar-refractivity contribution in [3.63, 3.8) is 0 Å². The number of hydrogen-bond acceptors (Lipinski definition) is 4. The van der Waals surface area contributed by atoms with Crippen molar-refractivity contribution in [3.05, 3.63) is 53.3 Å². The lowest BCUT2D eigenvalue weighted by Crippen LogP contribution is -2.15. The van der Waals surface area contributed by atoms with E-state index in [1.54, 1.807) is 0 Å². The summed E-state index contributed by atoms with van der Waals surface area (Å²) in [6.07, 6.45) is -4.63. The van der Waals surface area contributed by atoms with E-state index in [2.05, 4.69) is 0 Å². The summed E-state index contributed by atoms with van der Waals surface area (Å²) in [5, 5.41) is 8.85. The Labute approximate surface area is 145 Å². The van der Waals surface area contributed by atoms with Gasteiger partial charge in [0, 0.05) is 6.07 Å². The van der Waals surface area contributed by atoms with Crippen LogP contribution >= 0.6 is 0 Å². The molecule has 0 unspecified atom stereocenters. The number of nitrogens with one attached hydrogen (secondary N) is 1. The van der Waals surface area contributed by atoms with E-state index in [1.165, 1.54) is 0 Å². The molecular formula is C15H11F4NO5S. The van der Waals surface area contributed by atoms with Gasteiger partial charge in [-0.25, -0.2) is 17.6 Å². The first kappa shape index (κ1) is 19.5. The Kier molecular flexibility index (Phi) is 5.12. The van der Waals surface area contributed by atoms with E-state index >= 15 is 0 Å². The molecule has 0 amide bonds. The van der Waals surface area contributed by atoms with E-state index in [0.717, 1.165) is 25.3 Å². The molecule has 0 bridgehead atoms. The molecule has 0 spiro atoms. The van der Waals surface area contributed by atoms with Crippen LogP contribution in [0.1, 0.15) is 15.9 Å². The highest BCUT2D eigenvalue weighted by Gasteiger charge is 2.30. The van der Waals surface area contributed by atoms with E-state index in [4.69, 9.17) is 9.84 Å². The van der Waals surface area contributed by atoms with Crippen molar-refractivity contribution in [2.45, 2.75) is 11.1 Å². The number of sulfonamides is 1. The Balaban J connectivity index is 2.40. The fourth-order valence-corrected chi connectivity index (χ4v) is 3.05. The molecule has 2 rings (SSSR count). The van der Waals surface area contributed by atoms with Crippen LogP contribution in [0.25, 0.3) is 0 Å². The van der Waals surface area contributed by atoms with Gasteiger partial charge in [0.2, 0.25) is 0 Å². The quantitative estimate of drug-likeness (QED) is 0.760. The van der Waals surface area contributed by atoms with Gasteiger partial charge in [0.15, 0.2) is 0 Å². The third kappa shape index (κ3) is 4.04. The number of halogens is 4. The van der Waals surface area contributed by atoms with Crippen LogP contribution in [0.2, 0.25) is 0 Å². The first-order chi connectivity index (χ1) is 12.0. The second-order valence-corrected chi connectivity index (χ2v) is 6.65. The van der Waals surface area contributed by atoms with Gasteiger partial charge in [0.25, 0.3) is 10.0 Å². The van der Waals surface area contributed by atoms with E-state index in [-0.39, 0.29) is 5.75 Å². The maximum atomic E-state index is 13.8. The number of carbonyl (C=O) groups is 1. The van der Waals surface area contributed by atoms with Gasteiger partial charge in [-0.05, 0) is 30.3 Å². The molecule has 2 aromatic carbocycles. The number of aromatic carboxylic acids is 1. The summed E-state index contributed by atoms with van der Waals surface area (Å²) in [6.45, 7) is 0. The van der Waals surface area contributed by atoms with E-state index in [1.807, 2.05) is 4.72 Å². The zero-order valence-corrected chi connectivity index (χ0v) is 13.8. The van der Waals surface area contributed by atoms with Gasteiger partial charge in [-0.1, -0.05) is 0 Å². The minimum Gasteiger partial charge on any atom is -0.495 e. The van der Waals surface area contributed by atoms with E-state index < -0.39 is 49.7 Å². The van der Waals surface area contributed by atoms with Crippen LogP contribution in [0.4, 0.5) is 23.2 Å². The minimum atomic E-state index is -4.63. The normalized spacial score (nSPS) is 11.9. The zero-order chi connectivity index (χ0) is 19.7. The van der Waals surface area contributed by atoms with Crippen LogP contribution in [0.5, 0.6) is 5.75 Å². The summed E-state index contributed by atoms with van der Waals surface area (Å²) in [5.41, 5.74) is -2.18. The lowest BCUT2D eigenvalue weighted by atomic mass is 10.2. The molecule has 140 valence electrons. The molecule has 0 radical (unpaired) electrons. The largest absolute Gasteiger partial charge is 0.495 e. The van der Waals surface area contributed by atoms with Crippen molar-refractivity contribution in [3.8, 4) is 5.75 Å². The standard InChI is InChI=1S/C15H11F4NO5S/c1-25-13-6-10(14(21)22)11(16)7-12(13)20-26(23,24)9-4-2-8(3-5-9)15(17,18)19/h2-7,20H,1H3,(H,21,22). The van der Waals surface area contributed by atoms with Gasteiger partial charge in [0.05, 0.1) is 28.8 Å². The third-order valence-electron chi connectivity index (χ3n) is 3.26. The molecule has 26 heavy (non-hydrogen) atoms. The van der Waals surface area contributed by atoms with Crippen LogP contribution in [0, 0.1) is 5.82 Å². The van der Waals surface area contributed by atoms with Gasteiger partial charge < -0.3 is 9.84 Å². The van der Waals surface area contributed by atoms with Crippen molar-refractivity contribution < 1.29 is 40.6 Å². The van der Waals surface area contributed by atoms with Gasteiger partial charge in [-0.3, -0.25) is 4.72 Å². The van der Waals surface area contributed by atoms with Crippen molar-refractivity contribution in [2.75, 3.05) is 11.8 Å². The van der Waals surface area contributed by atoms with Crippen molar-refractivity contribution in [1.82, 2.24) is 0 Å². The number of benzene rings is 2. The Morgan fingerprint density at radius 1 is 1.15 bits per heavy atom. The number of rotatable bonds is 5. The molecule has 0 heterocycles. The summed E-state index contributed by atoms with van der Waals surface area (Å²) < 4.78 is 82.7. The molecule has 11 heteroatoms. The lowest BCUT2D eigenvalue weighted by Gasteiger charge is -2.14. The van der Waals surface area contributed by atoms with Crippen molar-refractivity contribution >= 4 is 21.7 Å². The lowest BCUT2D eigenvalue weighted by molar-refractivity contribution is -0.137. The number of hydrogen-bond donors (Lipinski definition) is 2. The maximum Gasteiger partial charge on any atom is 0.416 e. The van der Waals surface area contributed by atoms with Gasteiger partial charge >= 0.3 is 12.1 Å². The average Bonchev–Trinajstić information content (AvgIpc) is 2.53. The van der Waals surface area contributed by atoms with Gasteiger partial charge in [0.1, 0.15) is 11.6 Å². The second-order valence-electron chi connectivity index (χ2n) is 4.97. The fraction of sp³-hybridized carbons (Fsp3) is 0.133. The number of carboxylic acids is 1. The maximum absolute atomic E-state index is 13.8. The second kappa shape index (κ2) is 6.83. The topological polar surface area (TPSA) is 92.7 Å². The molecule has 0 atom stereocenters. The molecule has 0 fully saturated rings. The molecule has 0 aliphatic carbocycles. The Hall–Kier alpha value is -2.82. The molecule has 0 aliphatic rings. The molecule has 6 nitrogen and oxygen atoms in total. The Bertz CT molecular complexity index is 940. The molecule has 2 aromatic rings. The summed E-state index contributed by atoms with van der Waals surface area (Å²) >= 11 is 0.